The van der Waals surface area contributed by atoms with E-state index in [9.17, 15) is 4.79 Å². The van der Waals surface area contributed by atoms with Gasteiger partial charge in [-0.1, -0.05) is 12.1 Å². The predicted octanol–water partition coefficient (Wildman–Crippen LogP) is 3.07. The fraction of sp³-hybridized carbons (Fsp3) is 0.333. The van der Waals surface area contributed by atoms with Gasteiger partial charge in [-0.25, -0.2) is 0 Å². The van der Waals surface area contributed by atoms with Gasteiger partial charge >= 0.3 is 0 Å². The second-order valence-corrected chi connectivity index (χ2v) is 5.14. The van der Waals surface area contributed by atoms with Gasteiger partial charge in [-0.3, -0.25) is 9.48 Å². The van der Waals surface area contributed by atoms with Crippen molar-refractivity contribution in [3.8, 4) is 0 Å². The van der Waals surface area contributed by atoms with Crippen molar-refractivity contribution >= 4 is 23.2 Å². The van der Waals surface area contributed by atoms with Crippen LogP contribution in [0.2, 0.25) is 0 Å². The Hall–Kier alpha value is -1.81. The minimum Gasteiger partial charge on any atom is -0.322 e. The van der Waals surface area contributed by atoms with Crippen LogP contribution in [-0.2, 0) is 13.5 Å². The number of nitrogens with zero attached hydrogens (tertiary/aromatic N) is 2. The molecule has 1 N–H and O–H groups in total. The number of nitrogens with one attached hydrogen (secondary N) is 1. The van der Waals surface area contributed by atoms with Crippen molar-refractivity contribution in [3.63, 3.8) is 0 Å². The van der Waals surface area contributed by atoms with E-state index in [1.807, 2.05) is 45.2 Å². The van der Waals surface area contributed by atoms with Gasteiger partial charge in [-0.05, 0) is 38.0 Å². The molecular formula is C15H18ClN3O. The van der Waals surface area contributed by atoms with Gasteiger partial charge < -0.3 is 5.32 Å². The number of carbonyl (C=O) groups is 1. The van der Waals surface area contributed by atoms with Gasteiger partial charge in [0.25, 0.3) is 5.91 Å². The number of aryl methyl sites for hydroxylation is 3. The van der Waals surface area contributed by atoms with Crippen LogP contribution in [0.25, 0.3) is 0 Å². The SMILES string of the molecule is Cc1nn(C)c(C)c1C(=O)Nc1ccc(CCCl)cc1. The standard InChI is InChI=1S/C15H18ClN3O/c1-10-14(11(2)19(3)18-10)15(20)17-13-6-4-12(5-7-13)8-9-16/h4-7H,8-9H2,1-3H3,(H,17,20). The smallest absolute Gasteiger partial charge is 0.259 e. The van der Waals surface area contributed by atoms with Gasteiger partial charge in [0.1, 0.15) is 0 Å². The third kappa shape index (κ3) is 3.02. The van der Waals surface area contributed by atoms with E-state index in [2.05, 4.69) is 10.4 Å². The topological polar surface area (TPSA) is 46.9 Å². The zero-order valence-electron chi connectivity index (χ0n) is 11.9. The lowest BCUT2D eigenvalue weighted by molar-refractivity contribution is 0.102. The van der Waals surface area contributed by atoms with Gasteiger partial charge in [0.05, 0.1) is 11.3 Å². The third-order valence-electron chi connectivity index (χ3n) is 3.33. The highest BCUT2D eigenvalue weighted by atomic mass is 35.5. The molecule has 0 radical (unpaired) electrons. The Bertz CT molecular complexity index is 617. The number of hydrogen-bond donors (Lipinski definition) is 1. The van der Waals surface area contributed by atoms with Crippen LogP contribution in [0, 0.1) is 13.8 Å². The maximum atomic E-state index is 12.3. The highest BCUT2D eigenvalue weighted by Crippen LogP contribution is 2.16. The molecule has 1 amide bonds. The van der Waals surface area contributed by atoms with Crippen LogP contribution in [0.5, 0.6) is 0 Å². The zero-order valence-corrected chi connectivity index (χ0v) is 12.7. The molecule has 20 heavy (non-hydrogen) atoms. The van der Waals surface area contributed by atoms with Crippen LogP contribution >= 0.6 is 11.6 Å². The van der Waals surface area contributed by atoms with E-state index in [-0.39, 0.29) is 5.91 Å². The summed E-state index contributed by atoms with van der Waals surface area (Å²) in [5.74, 6) is 0.470. The van der Waals surface area contributed by atoms with E-state index in [0.717, 1.165) is 29.1 Å². The lowest BCUT2D eigenvalue weighted by Crippen LogP contribution is -2.14. The highest BCUT2D eigenvalue weighted by Gasteiger charge is 2.17. The van der Waals surface area contributed by atoms with Crippen molar-refractivity contribution in [1.29, 1.82) is 0 Å². The van der Waals surface area contributed by atoms with E-state index in [1.54, 1.807) is 4.68 Å². The largest absolute Gasteiger partial charge is 0.322 e. The van der Waals surface area contributed by atoms with E-state index in [1.165, 1.54) is 0 Å². The summed E-state index contributed by atoms with van der Waals surface area (Å²) in [4.78, 5) is 12.3. The summed E-state index contributed by atoms with van der Waals surface area (Å²) < 4.78 is 1.72. The Kier molecular flexibility index (Phi) is 4.45. The number of anilines is 1. The molecule has 2 rings (SSSR count). The molecule has 0 fully saturated rings. The van der Waals surface area contributed by atoms with Crippen LogP contribution in [0.1, 0.15) is 27.3 Å². The highest BCUT2D eigenvalue weighted by molar-refractivity contribution is 6.18. The molecule has 0 saturated heterocycles. The second-order valence-electron chi connectivity index (χ2n) is 4.76. The number of aromatic nitrogens is 2. The summed E-state index contributed by atoms with van der Waals surface area (Å²) in [6, 6.07) is 7.73. The average Bonchev–Trinajstić information content (AvgIpc) is 2.66. The van der Waals surface area contributed by atoms with Crippen LogP contribution in [0.4, 0.5) is 5.69 Å². The fourth-order valence-corrected chi connectivity index (χ4v) is 2.38. The monoisotopic (exact) mass is 291 g/mol. The van der Waals surface area contributed by atoms with Gasteiger partial charge in [-0.2, -0.15) is 5.10 Å². The van der Waals surface area contributed by atoms with E-state index in [0.29, 0.717) is 11.4 Å². The molecular weight excluding hydrogens is 274 g/mol. The summed E-state index contributed by atoms with van der Waals surface area (Å²) >= 11 is 5.70. The molecule has 1 aromatic carbocycles. The van der Waals surface area contributed by atoms with E-state index in [4.69, 9.17) is 11.6 Å². The molecule has 5 heteroatoms. The molecule has 0 saturated carbocycles. The quantitative estimate of drug-likeness (QED) is 0.880. The Morgan fingerprint density at radius 1 is 1.30 bits per heavy atom. The predicted molar refractivity (Wildman–Crippen MR) is 81.5 cm³/mol. The Balaban J connectivity index is 2.15. The number of amides is 1. The summed E-state index contributed by atoms with van der Waals surface area (Å²) in [5.41, 5.74) is 4.17. The lowest BCUT2D eigenvalue weighted by atomic mass is 10.1. The van der Waals surface area contributed by atoms with Crippen LogP contribution in [0.3, 0.4) is 0 Å². The minimum atomic E-state index is -0.127. The molecule has 0 aliphatic heterocycles. The van der Waals surface area contributed by atoms with Crippen LogP contribution in [0.15, 0.2) is 24.3 Å². The number of hydrogen-bond acceptors (Lipinski definition) is 2. The Morgan fingerprint density at radius 3 is 2.45 bits per heavy atom. The first-order chi connectivity index (χ1) is 9.52. The molecule has 1 heterocycles. The fourth-order valence-electron chi connectivity index (χ4n) is 2.16. The van der Waals surface area contributed by atoms with Gasteiger partial charge in [-0.15, -0.1) is 11.6 Å². The average molecular weight is 292 g/mol. The Labute approximate surface area is 123 Å². The van der Waals surface area contributed by atoms with E-state index >= 15 is 0 Å². The minimum absolute atomic E-state index is 0.127. The first-order valence-corrected chi connectivity index (χ1v) is 7.03. The summed E-state index contributed by atoms with van der Waals surface area (Å²) in [6.45, 7) is 3.73. The molecule has 0 spiro atoms. The molecule has 0 atom stereocenters. The van der Waals surface area contributed by atoms with Gasteiger partial charge in [0.2, 0.25) is 0 Å². The molecule has 2 aromatic rings. The normalized spacial score (nSPS) is 10.6. The maximum absolute atomic E-state index is 12.3. The van der Waals surface area contributed by atoms with Gasteiger partial charge in [0, 0.05) is 24.3 Å². The van der Waals surface area contributed by atoms with Crippen molar-refractivity contribution in [2.24, 2.45) is 7.05 Å². The Morgan fingerprint density at radius 2 is 1.95 bits per heavy atom. The number of carbonyl (C=O) groups excluding carboxylic acids is 1. The van der Waals surface area contributed by atoms with E-state index < -0.39 is 0 Å². The first kappa shape index (κ1) is 14.6. The molecule has 106 valence electrons. The molecule has 0 aliphatic rings. The third-order valence-corrected chi connectivity index (χ3v) is 3.52. The molecule has 0 unspecified atom stereocenters. The maximum Gasteiger partial charge on any atom is 0.259 e. The number of halogens is 1. The number of alkyl halides is 1. The zero-order chi connectivity index (χ0) is 14.7. The number of benzene rings is 1. The lowest BCUT2D eigenvalue weighted by Gasteiger charge is -2.06. The molecule has 1 aromatic heterocycles. The van der Waals surface area contributed by atoms with Crippen LogP contribution < -0.4 is 5.32 Å². The summed E-state index contributed by atoms with van der Waals surface area (Å²) in [7, 11) is 1.83. The second kappa shape index (κ2) is 6.09. The molecule has 4 nitrogen and oxygen atoms in total. The number of rotatable bonds is 4. The van der Waals surface area contributed by atoms with Crippen molar-refractivity contribution in [2.45, 2.75) is 20.3 Å². The molecule has 0 bridgehead atoms. The van der Waals surface area contributed by atoms with Crippen molar-refractivity contribution < 1.29 is 4.79 Å². The van der Waals surface area contributed by atoms with Crippen LogP contribution in [-0.4, -0.2) is 21.6 Å². The van der Waals surface area contributed by atoms with Crippen molar-refractivity contribution in [2.75, 3.05) is 11.2 Å². The summed E-state index contributed by atoms with van der Waals surface area (Å²) in [6.07, 6.45) is 0.830. The van der Waals surface area contributed by atoms with Crippen molar-refractivity contribution in [1.82, 2.24) is 9.78 Å². The first-order valence-electron chi connectivity index (χ1n) is 6.49. The van der Waals surface area contributed by atoms with Crippen molar-refractivity contribution in [3.05, 3.63) is 46.8 Å². The molecule has 0 aliphatic carbocycles. The van der Waals surface area contributed by atoms with Gasteiger partial charge in [0.15, 0.2) is 0 Å². The summed E-state index contributed by atoms with van der Waals surface area (Å²) in [5, 5.41) is 7.15.